The number of ether oxygens (including phenoxy) is 1. The third kappa shape index (κ3) is 5.72. The van der Waals surface area contributed by atoms with Crippen molar-refractivity contribution >= 4 is 17.8 Å². The van der Waals surface area contributed by atoms with Crippen LogP contribution in [-0.2, 0) is 19.1 Å². The summed E-state index contributed by atoms with van der Waals surface area (Å²) in [6, 6.07) is 0. The molecule has 6 heteroatoms. The molecule has 0 aromatic heterocycles. The Bertz CT molecular complexity index is 342. The van der Waals surface area contributed by atoms with Gasteiger partial charge in [-0.1, -0.05) is 0 Å². The normalized spacial score (nSPS) is 18.4. The second-order valence-corrected chi connectivity index (χ2v) is 4.73. The van der Waals surface area contributed by atoms with Gasteiger partial charge in [0.15, 0.2) is 0 Å². The van der Waals surface area contributed by atoms with Crippen LogP contribution >= 0.6 is 0 Å². The molecule has 1 unspecified atom stereocenters. The fourth-order valence-corrected chi connectivity index (χ4v) is 2.22. The lowest BCUT2D eigenvalue weighted by molar-refractivity contribution is -0.145. The fraction of sp³-hybridized carbons (Fsp3) is 0.769. The largest absolute Gasteiger partial charge is 0.481 e. The summed E-state index contributed by atoms with van der Waals surface area (Å²) >= 11 is 0. The van der Waals surface area contributed by atoms with Crippen LogP contribution in [0.25, 0.3) is 0 Å². The third-order valence-corrected chi connectivity index (χ3v) is 3.25. The number of likely N-dealkylation sites (tertiary alicyclic amines) is 1. The molecule has 108 valence electrons. The Labute approximate surface area is 112 Å². The van der Waals surface area contributed by atoms with Crippen molar-refractivity contribution in [2.45, 2.75) is 39.0 Å². The fourth-order valence-electron chi connectivity index (χ4n) is 2.22. The summed E-state index contributed by atoms with van der Waals surface area (Å²) < 4.78 is 4.77. The van der Waals surface area contributed by atoms with Crippen molar-refractivity contribution < 1.29 is 24.2 Å². The van der Waals surface area contributed by atoms with E-state index < -0.39 is 5.97 Å². The molecule has 0 saturated carbocycles. The predicted octanol–water partition coefficient (Wildman–Crippen LogP) is 1.04. The monoisotopic (exact) mass is 271 g/mol. The Morgan fingerprint density at radius 1 is 1.26 bits per heavy atom. The molecule has 1 aliphatic rings. The molecule has 1 heterocycles. The summed E-state index contributed by atoms with van der Waals surface area (Å²) in [5.41, 5.74) is 0. The molecule has 1 N–H and O–H groups in total. The second kappa shape index (κ2) is 7.76. The molecule has 1 fully saturated rings. The van der Waals surface area contributed by atoms with Crippen LogP contribution in [0, 0.1) is 5.92 Å². The van der Waals surface area contributed by atoms with Gasteiger partial charge in [-0.15, -0.1) is 0 Å². The Kier molecular flexibility index (Phi) is 6.32. The summed E-state index contributed by atoms with van der Waals surface area (Å²) in [5, 5.41) is 8.61. The standard InChI is InChI=1S/C13H21NO5/c1-2-19-13(18)6-4-11(15)14-8-7-10(9-14)3-5-12(16)17/h10H,2-9H2,1H3,(H,16,17). The zero-order valence-electron chi connectivity index (χ0n) is 11.3. The van der Waals surface area contributed by atoms with E-state index in [1.54, 1.807) is 11.8 Å². The van der Waals surface area contributed by atoms with E-state index in [-0.39, 0.29) is 37.1 Å². The number of rotatable bonds is 7. The Balaban J connectivity index is 2.24. The van der Waals surface area contributed by atoms with Crippen molar-refractivity contribution in [3.05, 3.63) is 0 Å². The van der Waals surface area contributed by atoms with Crippen molar-refractivity contribution in [2.24, 2.45) is 5.92 Å². The maximum absolute atomic E-state index is 11.8. The average Bonchev–Trinajstić information content (AvgIpc) is 2.82. The predicted molar refractivity (Wildman–Crippen MR) is 67.4 cm³/mol. The van der Waals surface area contributed by atoms with Crippen LogP contribution in [0.2, 0.25) is 0 Å². The van der Waals surface area contributed by atoms with Crippen molar-refractivity contribution in [3.63, 3.8) is 0 Å². The van der Waals surface area contributed by atoms with Gasteiger partial charge in [0, 0.05) is 25.9 Å². The number of amides is 1. The molecular weight excluding hydrogens is 250 g/mol. The van der Waals surface area contributed by atoms with Crippen LogP contribution in [0.1, 0.15) is 39.0 Å². The minimum atomic E-state index is -0.799. The smallest absolute Gasteiger partial charge is 0.306 e. The summed E-state index contributed by atoms with van der Waals surface area (Å²) in [4.78, 5) is 35.2. The molecular formula is C13H21NO5. The lowest BCUT2D eigenvalue weighted by Crippen LogP contribution is -2.29. The zero-order chi connectivity index (χ0) is 14.3. The van der Waals surface area contributed by atoms with E-state index in [0.29, 0.717) is 26.1 Å². The number of carboxylic acids is 1. The number of nitrogens with zero attached hydrogens (tertiary/aromatic N) is 1. The van der Waals surface area contributed by atoms with Crippen LogP contribution in [0.4, 0.5) is 0 Å². The van der Waals surface area contributed by atoms with Gasteiger partial charge in [0.1, 0.15) is 0 Å². The Hall–Kier alpha value is -1.59. The van der Waals surface area contributed by atoms with Gasteiger partial charge in [0.05, 0.1) is 13.0 Å². The molecule has 0 bridgehead atoms. The molecule has 1 aliphatic heterocycles. The van der Waals surface area contributed by atoms with Crippen molar-refractivity contribution in [1.82, 2.24) is 4.90 Å². The first-order valence-corrected chi connectivity index (χ1v) is 6.68. The van der Waals surface area contributed by atoms with Gasteiger partial charge in [0.25, 0.3) is 0 Å². The van der Waals surface area contributed by atoms with Gasteiger partial charge in [-0.3, -0.25) is 14.4 Å². The van der Waals surface area contributed by atoms with Crippen molar-refractivity contribution in [1.29, 1.82) is 0 Å². The molecule has 1 atom stereocenters. The minimum absolute atomic E-state index is 0.0501. The molecule has 1 rings (SSSR count). The number of hydrogen-bond donors (Lipinski definition) is 1. The van der Waals surface area contributed by atoms with Crippen LogP contribution in [-0.4, -0.2) is 47.5 Å². The van der Waals surface area contributed by atoms with Gasteiger partial charge in [0.2, 0.25) is 5.91 Å². The summed E-state index contributed by atoms with van der Waals surface area (Å²) in [6.07, 6.45) is 1.89. The molecule has 0 spiro atoms. The second-order valence-electron chi connectivity index (χ2n) is 4.73. The number of esters is 1. The van der Waals surface area contributed by atoms with Crippen LogP contribution in [0.15, 0.2) is 0 Å². The van der Waals surface area contributed by atoms with E-state index in [1.165, 1.54) is 0 Å². The van der Waals surface area contributed by atoms with Crippen molar-refractivity contribution in [3.8, 4) is 0 Å². The highest BCUT2D eigenvalue weighted by Crippen LogP contribution is 2.21. The first-order valence-electron chi connectivity index (χ1n) is 6.68. The molecule has 6 nitrogen and oxygen atoms in total. The van der Waals surface area contributed by atoms with E-state index in [0.717, 1.165) is 6.42 Å². The molecule has 1 amide bonds. The van der Waals surface area contributed by atoms with Gasteiger partial charge < -0.3 is 14.7 Å². The Morgan fingerprint density at radius 2 is 2.00 bits per heavy atom. The first-order chi connectivity index (χ1) is 9.02. The van der Waals surface area contributed by atoms with Crippen LogP contribution < -0.4 is 0 Å². The molecule has 1 saturated heterocycles. The number of carboxylic acid groups (broad SMARTS) is 1. The highest BCUT2D eigenvalue weighted by atomic mass is 16.5. The van der Waals surface area contributed by atoms with Crippen LogP contribution in [0.3, 0.4) is 0 Å². The quantitative estimate of drug-likeness (QED) is 0.699. The molecule has 0 aromatic rings. The summed E-state index contributed by atoms with van der Waals surface area (Å²) in [6.45, 7) is 3.32. The number of aliphatic carboxylic acids is 1. The van der Waals surface area contributed by atoms with Gasteiger partial charge in [-0.2, -0.15) is 0 Å². The number of carbonyl (C=O) groups is 3. The molecule has 0 aromatic carbocycles. The van der Waals surface area contributed by atoms with E-state index in [1.807, 2.05) is 0 Å². The summed E-state index contributed by atoms with van der Waals surface area (Å²) in [7, 11) is 0. The first kappa shape index (κ1) is 15.5. The van der Waals surface area contributed by atoms with E-state index in [9.17, 15) is 14.4 Å². The number of carbonyl (C=O) groups excluding carboxylic acids is 2. The molecule has 0 radical (unpaired) electrons. The van der Waals surface area contributed by atoms with E-state index >= 15 is 0 Å². The molecule has 0 aliphatic carbocycles. The zero-order valence-corrected chi connectivity index (χ0v) is 11.3. The van der Waals surface area contributed by atoms with Gasteiger partial charge in [-0.25, -0.2) is 0 Å². The molecule has 19 heavy (non-hydrogen) atoms. The third-order valence-electron chi connectivity index (χ3n) is 3.25. The number of hydrogen-bond acceptors (Lipinski definition) is 4. The topological polar surface area (TPSA) is 83.9 Å². The van der Waals surface area contributed by atoms with Gasteiger partial charge in [-0.05, 0) is 25.7 Å². The Morgan fingerprint density at radius 3 is 2.63 bits per heavy atom. The summed E-state index contributed by atoms with van der Waals surface area (Å²) in [5.74, 6) is -0.932. The maximum Gasteiger partial charge on any atom is 0.306 e. The maximum atomic E-state index is 11.8. The lowest BCUT2D eigenvalue weighted by atomic mass is 10.0. The van der Waals surface area contributed by atoms with Crippen molar-refractivity contribution in [2.75, 3.05) is 19.7 Å². The van der Waals surface area contributed by atoms with Gasteiger partial charge >= 0.3 is 11.9 Å². The van der Waals surface area contributed by atoms with E-state index in [4.69, 9.17) is 9.84 Å². The van der Waals surface area contributed by atoms with Crippen LogP contribution in [0.5, 0.6) is 0 Å². The highest BCUT2D eigenvalue weighted by Gasteiger charge is 2.26. The minimum Gasteiger partial charge on any atom is -0.481 e. The lowest BCUT2D eigenvalue weighted by Gasteiger charge is -2.16. The SMILES string of the molecule is CCOC(=O)CCC(=O)N1CCC(CCC(=O)O)C1. The van der Waals surface area contributed by atoms with E-state index in [2.05, 4.69) is 0 Å². The highest BCUT2D eigenvalue weighted by molar-refractivity contribution is 5.81. The average molecular weight is 271 g/mol.